The van der Waals surface area contributed by atoms with Crippen LogP contribution in [0.3, 0.4) is 0 Å². The Morgan fingerprint density at radius 1 is 1.39 bits per heavy atom. The molecule has 162 valence electrons. The average molecular weight is 445 g/mol. The lowest BCUT2D eigenvalue weighted by Crippen LogP contribution is -2.58. The van der Waals surface area contributed by atoms with Gasteiger partial charge in [0, 0.05) is 5.38 Å². The van der Waals surface area contributed by atoms with Crippen LogP contribution in [0.4, 0.5) is 0 Å². The largest absolute Gasteiger partial charge is 0.535 e. The smallest absolute Gasteiger partial charge is 0.522 e. The van der Waals surface area contributed by atoms with Crippen LogP contribution in [0.1, 0.15) is 26.6 Å². The number of carbonyl (C=O) groups excluding carboxylic acids is 1. The second-order valence-electron chi connectivity index (χ2n) is 7.17. The van der Waals surface area contributed by atoms with Crippen molar-refractivity contribution in [2.75, 3.05) is 20.2 Å². The maximum atomic E-state index is 12.8. The summed E-state index contributed by atoms with van der Waals surface area (Å²) in [6, 6.07) is 3.32. The van der Waals surface area contributed by atoms with E-state index in [2.05, 4.69) is 10.1 Å². The highest BCUT2D eigenvalue weighted by molar-refractivity contribution is 7.09. The van der Waals surface area contributed by atoms with E-state index in [4.69, 9.17) is 14.2 Å². The van der Waals surface area contributed by atoms with Gasteiger partial charge >= 0.3 is 13.1 Å². The number of carboxylic acid groups (broad SMARTS) is 1. The van der Waals surface area contributed by atoms with Gasteiger partial charge in [-0.3, -0.25) is 4.79 Å². The summed E-state index contributed by atoms with van der Waals surface area (Å²) in [5, 5.41) is 25.8. The number of amides is 1. The molecular formula is C19H20BN3O7S. The van der Waals surface area contributed by atoms with Gasteiger partial charge in [-0.05, 0) is 31.3 Å². The highest BCUT2D eigenvalue weighted by Gasteiger charge is 2.37. The molecule has 1 aromatic heterocycles. The second kappa shape index (κ2) is 8.56. The van der Waals surface area contributed by atoms with Crippen molar-refractivity contribution in [3.8, 4) is 11.5 Å². The lowest BCUT2D eigenvalue weighted by atomic mass is 9.78. The molecule has 31 heavy (non-hydrogen) atoms. The first kappa shape index (κ1) is 21.1. The van der Waals surface area contributed by atoms with Crippen LogP contribution in [0.5, 0.6) is 11.5 Å². The summed E-state index contributed by atoms with van der Waals surface area (Å²) in [5.41, 5.74) is 1.13. The first-order chi connectivity index (χ1) is 14.9. The maximum absolute atomic E-state index is 12.8. The zero-order chi connectivity index (χ0) is 22.1. The number of benzene rings is 1. The molecule has 1 amide bonds. The summed E-state index contributed by atoms with van der Waals surface area (Å²) in [6.45, 7) is 2.34. The Labute approximate surface area is 182 Å². The van der Waals surface area contributed by atoms with E-state index < -0.39 is 19.2 Å². The number of hydrogen-bond acceptors (Lipinski definition) is 9. The number of fused-ring (bicyclic) bond motifs is 1. The number of aryl methyl sites for hydroxylation is 2. The molecule has 4 rings (SSSR count). The third-order valence-corrected chi connectivity index (χ3v) is 5.78. The maximum Gasteiger partial charge on any atom is 0.522 e. The Kier molecular flexibility index (Phi) is 5.83. The van der Waals surface area contributed by atoms with E-state index >= 15 is 0 Å². The van der Waals surface area contributed by atoms with Crippen molar-refractivity contribution >= 4 is 36.0 Å². The van der Waals surface area contributed by atoms with Crippen molar-refractivity contribution < 1.29 is 33.9 Å². The van der Waals surface area contributed by atoms with Crippen LogP contribution in [0, 0.1) is 6.92 Å². The summed E-state index contributed by atoms with van der Waals surface area (Å²) in [6.07, 6.45) is 0.519. The molecule has 0 spiro atoms. The van der Waals surface area contributed by atoms with Gasteiger partial charge < -0.3 is 29.3 Å². The van der Waals surface area contributed by atoms with Gasteiger partial charge in [0.25, 0.3) is 5.91 Å². The number of aromatic nitrogens is 1. The highest BCUT2D eigenvalue weighted by atomic mass is 32.1. The SMILES string of the molecule is CON=C(C(=O)N1CC(Oc2ccc3c(c2C(=O)O)OB(O)CC3)C1)c1csc(C)n1. The van der Waals surface area contributed by atoms with Crippen molar-refractivity contribution in [3.05, 3.63) is 39.3 Å². The topological polar surface area (TPSA) is 131 Å². The number of oxime groups is 1. The number of ether oxygens (including phenoxy) is 1. The van der Waals surface area contributed by atoms with Crippen LogP contribution < -0.4 is 9.39 Å². The lowest BCUT2D eigenvalue weighted by molar-refractivity contribution is -0.132. The molecule has 2 aromatic rings. The fourth-order valence-electron chi connectivity index (χ4n) is 3.48. The number of likely N-dealkylation sites (tertiary alicyclic amines) is 1. The molecule has 1 fully saturated rings. The van der Waals surface area contributed by atoms with E-state index in [0.717, 1.165) is 5.01 Å². The van der Waals surface area contributed by atoms with Crippen LogP contribution in [0.25, 0.3) is 0 Å². The number of aromatic carboxylic acids is 1. The monoisotopic (exact) mass is 445 g/mol. The van der Waals surface area contributed by atoms with Crippen LogP contribution in [0.2, 0.25) is 6.32 Å². The molecule has 0 bridgehead atoms. The molecule has 2 aliphatic rings. The minimum atomic E-state index is -1.21. The zero-order valence-corrected chi connectivity index (χ0v) is 17.7. The standard InChI is InChI=1S/C19H20BN3O7S/c1-10-21-13(9-31-10)16(22-28-2)18(24)23-7-12(8-23)29-14-4-3-11-5-6-20(27)30-17(11)15(14)19(25)26/h3-4,9,12,27H,5-8H2,1-2H3,(H,25,26). The summed E-state index contributed by atoms with van der Waals surface area (Å²) >= 11 is 1.40. The Morgan fingerprint density at radius 3 is 2.81 bits per heavy atom. The van der Waals surface area contributed by atoms with Gasteiger partial charge in [0.15, 0.2) is 5.71 Å². The molecule has 0 unspecified atom stereocenters. The van der Waals surface area contributed by atoms with Gasteiger partial charge in [0.2, 0.25) is 0 Å². The van der Waals surface area contributed by atoms with Crippen LogP contribution in [0.15, 0.2) is 22.7 Å². The summed E-state index contributed by atoms with van der Waals surface area (Å²) in [7, 11) is 0.308. The number of thiazole rings is 1. The van der Waals surface area contributed by atoms with Crippen molar-refractivity contribution in [3.63, 3.8) is 0 Å². The molecular weight excluding hydrogens is 425 g/mol. The minimum absolute atomic E-state index is 0.104. The molecule has 0 saturated carbocycles. The Balaban J connectivity index is 1.46. The molecule has 2 N–H and O–H groups in total. The number of carbonyl (C=O) groups is 2. The number of hydrogen-bond donors (Lipinski definition) is 2. The summed E-state index contributed by atoms with van der Waals surface area (Å²) in [5.74, 6) is -1.29. The van der Waals surface area contributed by atoms with E-state index in [1.807, 2.05) is 6.92 Å². The van der Waals surface area contributed by atoms with Gasteiger partial charge in [0.05, 0.1) is 18.1 Å². The molecule has 12 heteroatoms. The number of carboxylic acids is 1. The molecule has 1 aromatic carbocycles. The van der Waals surface area contributed by atoms with E-state index in [1.165, 1.54) is 23.3 Å². The van der Waals surface area contributed by atoms with Gasteiger partial charge in [0.1, 0.15) is 36.0 Å². The van der Waals surface area contributed by atoms with Crippen molar-refractivity contribution in [1.29, 1.82) is 0 Å². The molecule has 0 radical (unpaired) electrons. The first-order valence-electron chi connectivity index (χ1n) is 9.60. The Bertz CT molecular complexity index is 1050. The minimum Gasteiger partial charge on any atom is -0.535 e. The van der Waals surface area contributed by atoms with E-state index in [1.54, 1.807) is 17.5 Å². The third-order valence-electron chi connectivity index (χ3n) is 5.01. The first-order valence-corrected chi connectivity index (χ1v) is 10.5. The van der Waals surface area contributed by atoms with Gasteiger partial charge in [-0.25, -0.2) is 9.78 Å². The fourth-order valence-corrected chi connectivity index (χ4v) is 4.08. The zero-order valence-electron chi connectivity index (χ0n) is 16.9. The highest BCUT2D eigenvalue weighted by Crippen LogP contribution is 2.37. The fraction of sp³-hybridized carbons (Fsp3) is 0.368. The van der Waals surface area contributed by atoms with Crippen molar-refractivity contribution in [1.82, 2.24) is 9.88 Å². The van der Waals surface area contributed by atoms with E-state index in [-0.39, 0.29) is 41.8 Å². The van der Waals surface area contributed by atoms with Gasteiger partial charge in [-0.15, -0.1) is 11.3 Å². The number of nitrogens with zero attached hydrogens (tertiary/aromatic N) is 3. The van der Waals surface area contributed by atoms with E-state index in [9.17, 15) is 19.7 Å². The molecule has 10 nitrogen and oxygen atoms in total. The second-order valence-corrected chi connectivity index (χ2v) is 8.23. The Hall–Kier alpha value is -3.12. The van der Waals surface area contributed by atoms with Crippen LogP contribution >= 0.6 is 11.3 Å². The Morgan fingerprint density at radius 2 is 2.16 bits per heavy atom. The molecule has 0 atom stereocenters. The molecule has 0 aliphatic carbocycles. The van der Waals surface area contributed by atoms with Crippen molar-refractivity contribution in [2.45, 2.75) is 25.8 Å². The normalized spacial score (nSPS) is 16.3. The number of rotatable bonds is 6. The summed E-state index contributed by atoms with van der Waals surface area (Å²) < 4.78 is 11.2. The van der Waals surface area contributed by atoms with Crippen LogP contribution in [-0.2, 0) is 16.1 Å². The van der Waals surface area contributed by atoms with Gasteiger partial charge in [-0.1, -0.05) is 11.2 Å². The third kappa shape index (κ3) is 4.21. The molecule has 3 heterocycles. The van der Waals surface area contributed by atoms with E-state index in [0.29, 0.717) is 24.0 Å². The predicted octanol–water partition coefficient (Wildman–Crippen LogP) is 1.21. The van der Waals surface area contributed by atoms with Crippen molar-refractivity contribution in [2.24, 2.45) is 5.16 Å². The average Bonchev–Trinajstić information content (AvgIpc) is 3.13. The quantitative estimate of drug-likeness (QED) is 0.386. The lowest BCUT2D eigenvalue weighted by Gasteiger charge is -2.39. The molecule has 2 aliphatic heterocycles. The van der Waals surface area contributed by atoms with Gasteiger partial charge in [-0.2, -0.15) is 0 Å². The summed E-state index contributed by atoms with van der Waals surface area (Å²) in [4.78, 5) is 35.3. The predicted molar refractivity (Wildman–Crippen MR) is 112 cm³/mol. The molecule has 1 saturated heterocycles. The van der Waals surface area contributed by atoms with Crippen LogP contribution in [-0.4, -0.2) is 71.0 Å².